The van der Waals surface area contributed by atoms with Gasteiger partial charge in [-0.1, -0.05) is 0 Å². The predicted molar refractivity (Wildman–Crippen MR) is 192 cm³/mol. The van der Waals surface area contributed by atoms with Crippen molar-refractivity contribution in [2.75, 3.05) is 6.16 Å². The van der Waals surface area contributed by atoms with E-state index in [1.54, 1.807) is 0 Å². The monoisotopic (exact) mass is 770 g/mol. The molecule has 0 amide bonds. The molecule has 3 atom stereocenters. The molecule has 3 aromatic carbocycles. The summed E-state index contributed by atoms with van der Waals surface area (Å²) in [6.45, 7) is 18.8. The molecule has 38 heavy (non-hydrogen) atoms. The summed E-state index contributed by atoms with van der Waals surface area (Å²) in [7, 11) is -2.00. The van der Waals surface area contributed by atoms with Gasteiger partial charge < -0.3 is 0 Å². The topological polar surface area (TPSA) is 9.23 Å². The van der Waals surface area contributed by atoms with E-state index in [1.165, 1.54) is 19.5 Å². The van der Waals surface area contributed by atoms with Gasteiger partial charge in [-0.15, -0.1) is 0 Å². The summed E-state index contributed by atoms with van der Waals surface area (Å²) in [5.74, 6) is 0.657. The second kappa shape index (κ2) is 12.5. The summed E-state index contributed by atoms with van der Waals surface area (Å²) >= 11 is 5.38. The van der Waals surface area contributed by atoms with Gasteiger partial charge in [0.1, 0.15) is 0 Å². The molecule has 0 N–H and O–H groups in total. The fraction of sp³-hybridized carbons (Fsp3) is 0.394. The molecule has 0 aromatic heterocycles. The van der Waals surface area contributed by atoms with Gasteiger partial charge in [0.25, 0.3) is 0 Å². The molecule has 0 aliphatic rings. The Balaban J connectivity index is 2.28. The van der Waals surface area contributed by atoms with E-state index in [0.29, 0.717) is 11.8 Å². The van der Waals surface area contributed by atoms with E-state index in [-0.39, 0.29) is 11.1 Å². The van der Waals surface area contributed by atoms with E-state index in [4.69, 9.17) is 4.43 Å². The van der Waals surface area contributed by atoms with Crippen LogP contribution in [0.1, 0.15) is 41.5 Å². The molecule has 5 heteroatoms. The van der Waals surface area contributed by atoms with Crippen LogP contribution in [0.15, 0.2) is 101 Å². The standard InChI is InChI=1S/C33H45I2OPSi/c1-26(24-28(3)34)32(36-38(7,8)33(4,5)6)27(2)25-37(35,29-18-12-9-13-19-29,30-20-14-10-15-21-30)31-22-16-11-17-23-31/h9-24,26-27,32H,25H2,1-8H3/b28-24-/t26-,27-,32+/m0/s1. The average Bonchev–Trinajstić information content (AvgIpc) is 2.87. The quantitative estimate of drug-likeness (QED) is 0.113. The molecule has 0 aliphatic carbocycles. The molecule has 0 aliphatic heterocycles. The Morgan fingerprint density at radius 2 is 1.18 bits per heavy atom. The summed E-state index contributed by atoms with van der Waals surface area (Å²) in [6.07, 6.45) is 3.58. The van der Waals surface area contributed by atoms with Crippen molar-refractivity contribution in [3.8, 4) is 0 Å². The van der Waals surface area contributed by atoms with E-state index in [0.717, 1.165) is 6.16 Å². The van der Waals surface area contributed by atoms with Crippen molar-refractivity contribution < 1.29 is 4.43 Å². The Kier molecular flexibility index (Phi) is 10.6. The molecule has 206 valence electrons. The van der Waals surface area contributed by atoms with Crippen molar-refractivity contribution >= 4 is 73.1 Å². The number of halogens is 2. The minimum absolute atomic E-state index is 0.132. The molecule has 3 aromatic rings. The van der Waals surface area contributed by atoms with E-state index < -0.39 is 12.6 Å². The van der Waals surface area contributed by atoms with Gasteiger partial charge >= 0.3 is 262 Å². The third-order valence-corrected chi connectivity index (χ3v) is 24.7. The Hall–Kier alpha value is -0.533. The minimum atomic E-state index is -2.90. The van der Waals surface area contributed by atoms with Crippen molar-refractivity contribution in [2.24, 2.45) is 11.8 Å². The van der Waals surface area contributed by atoms with Crippen molar-refractivity contribution in [1.29, 1.82) is 0 Å². The maximum atomic E-state index is 7.33. The van der Waals surface area contributed by atoms with Crippen LogP contribution in [0, 0.1) is 11.8 Å². The Morgan fingerprint density at radius 1 is 0.816 bits per heavy atom. The van der Waals surface area contributed by atoms with E-state index in [1.807, 2.05) is 0 Å². The van der Waals surface area contributed by atoms with Crippen LogP contribution in [0.4, 0.5) is 0 Å². The van der Waals surface area contributed by atoms with Crippen LogP contribution < -0.4 is 15.9 Å². The number of rotatable bonds is 10. The number of benzene rings is 3. The van der Waals surface area contributed by atoms with Gasteiger partial charge in [-0.25, -0.2) is 0 Å². The predicted octanol–water partition coefficient (Wildman–Crippen LogP) is 9.87. The van der Waals surface area contributed by atoms with Crippen molar-refractivity contribution in [3.05, 3.63) is 101 Å². The van der Waals surface area contributed by atoms with E-state index >= 15 is 0 Å². The summed E-state index contributed by atoms with van der Waals surface area (Å²) < 4.78 is 5.76. The fourth-order valence-corrected chi connectivity index (χ4v) is 17.3. The van der Waals surface area contributed by atoms with Crippen molar-refractivity contribution in [1.82, 2.24) is 0 Å². The van der Waals surface area contributed by atoms with Crippen LogP contribution in [0.25, 0.3) is 0 Å². The Labute approximate surface area is 259 Å². The van der Waals surface area contributed by atoms with Gasteiger partial charge in [-0.05, 0) is 0 Å². The van der Waals surface area contributed by atoms with Gasteiger partial charge in [-0.2, -0.15) is 0 Å². The molecule has 0 saturated carbocycles. The molecule has 0 fully saturated rings. The van der Waals surface area contributed by atoms with E-state index in [2.05, 4.69) is 196 Å². The van der Waals surface area contributed by atoms with Gasteiger partial charge in [0.15, 0.2) is 0 Å². The number of hydrogen-bond acceptors (Lipinski definition) is 1. The summed E-state index contributed by atoms with van der Waals surface area (Å²) in [4.78, 5) is 0. The first kappa shape index (κ1) is 32.0. The average molecular weight is 771 g/mol. The van der Waals surface area contributed by atoms with Gasteiger partial charge in [0.2, 0.25) is 0 Å². The van der Waals surface area contributed by atoms with Gasteiger partial charge in [0.05, 0.1) is 0 Å². The molecule has 3 rings (SSSR count). The first-order valence-corrected chi connectivity index (χ1v) is 22.8. The zero-order valence-electron chi connectivity index (χ0n) is 24.3. The van der Waals surface area contributed by atoms with Crippen LogP contribution in [0.2, 0.25) is 18.1 Å². The molecule has 0 saturated heterocycles. The summed E-state index contributed by atoms with van der Waals surface area (Å²) in [5.41, 5.74) is 0. The molecule has 0 unspecified atom stereocenters. The second-order valence-electron chi connectivity index (χ2n) is 12.3. The van der Waals surface area contributed by atoms with E-state index in [9.17, 15) is 0 Å². The first-order chi connectivity index (χ1) is 17.7. The molecular weight excluding hydrogens is 725 g/mol. The number of allylic oxidation sites excluding steroid dienone is 1. The Morgan fingerprint density at radius 3 is 1.50 bits per heavy atom. The summed E-state index contributed by atoms with van der Waals surface area (Å²) in [5, 5.41) is 4.45. The maximum absolute atomic E-state index is 7.33. The third-order valence-electron chi connectivity index (χ3n) is 8.32. The van der Waals surface area contributed by atoms with Crippen LogP contribution in [0.5, 0.6) is 0 Å². The van der Waals surface area contributed by atoms with Gasteiger partial charge in [-0.3, -0.25) is 0 Å². The second-order valence-corrected chi connectivity index (χ2v) is 29.4. The van der Waals surface area contributed by atoms with Crippen LogP contribution in [0.3, 0.4) is 0 Å². The first-order valence-electron chi connectivity index (χ1n) is 13.6. The fourth-order valence-electron chi connectivity index (χ4n) is 5.34. The summed E-state index contributed by atoms with van der Waals surface area (Å²) in [6, 6.07) is 33.8. The normalized spacial score (nSPS) is 16.8. The molecule has 0 spiro atoms. The van der Waals surface area contributed by atoms with Crippen LogP contribution >= 0.6 is 48.9 Å². The van der Waals surface area contributed by atoms with Gasteiger partial charge in [0, 0.05) is 0 Å². The molecule has 0 heterocycles. The zero-order chi connectivity index (χ0) is 28.2. The van der Waals surface area contributed by atoms with Crippen LogP contribution in [-0.4, -0.2) is 20.6 Å². The zero-order valence-corrected chi connectivity index (χ0v) is 30.5. The SMILES string of the molecule is C/C(I)=C/[C@H](C)[C@@H](O[Si](C)(C)C(C)(C)C)[C@@H](C)CP(I)(c1ccccc1)(c1ccccc1)c1ccccc1. The molecular formula is C33H45I2OPSi. The van der Waals surface area contributed by atoms with Crippen LogP contribution in [-0.2, 0) is 4.43 Å². The van der Waals surface area contributed by atoms with Crippen molar-refractivity contribution in [3.63, 3.8) is 0 Å². The third kappa shape index (κ3) is 6.67. The Bertz CT molecular complexity index is 1100. The molecule has 0 bridgehead atoms. The number of hydrogen-bond donors (Lipinski definition) is 0. The molecule has 0 radical (unpaired) electrons. The molecule has 1 nitrogen and oxygen atoms in total. The van der Waals surface area contributed by atoms with Crippen molar-refractivity contribution in [2.45, 2.75) is 65.8 Å².